The summed E-state index contributed by atoms with van der Waals surface area (Å²) in [6, 6.07) is 28.1. The minimum atomic E-state index is 1.04. The molecule has 1 heterocycles. The van der Waals surface area contributed by atoms with Gasteiger partial charge in [0, 0.05) is 23.4 Å². The summed E-state index contributed by atoms with van der Waals surface area (Å²) in [7, 11) is 4.25. The number of rotatable bonds is 4. The van der Waals surface area contributed by atoms with Gasteiger partial charge in [-0.2, -0.15) is 0 Å². The second kappa shape index (κ2) is 7.19. The molecule has 0 aromatic heterocycles. The average molecular weight is 340 g/mol. The monoisotopic (exact) mass is 340 g/mol. The van der Waals surface area contributed by atoms with Crippen LogP contribution in [0.5, 0.6) is 0 Å². The van der Waals surface area contributed by atoms with E-state index in [0.29, 0.717) is 0 Å². The lowest BCUT2D eigenvalue weighted by atomic mass is 9.89. The van der Waals surface area contributed by atoms with Crippen LogP contribution in [0.1, 0.15) is 17.5 Å². The summed E-state index contributed by atoms with van der Waals surface area (Å²) in [5.74, 6) is 0. The summed E-state index contributed by atoms with van der Waals surface area (Å²) < 4.78 is 0. The van der Waals surface area contributed by atoms with E-state index in [1.165, 1.54) is 33.8 Å². The standard InChI is InChI=1S/C24H24N2/c1-25(2)18-10-15-20-21-13-6-8-16-23(21)26(19-11-4-3-5-12-19)24-17-9-7-14-22(20)24/h3-9,11-17H,10,18H2,1-2H3. The van der Waals surface area contributed by atoms with Gasteiger partial charge in [0.25, 0.3) is 0 Å². The minimum absolute atomic E-state index is 1.04. The molecule has 0 fully saturated rings. The fourth-order valence-electron chi connectivity index (χ4n) is 3.61. The van der Waals surface area contributed by atoms with E-state index in [9.17, 15) is 0 Å². The Labute approximate surface area is 156 Å². The molecular formula is C24H24N2. The first-order valence-corrected chi connectivity index (χ1v) is 9.14. The van der Waals surface area contributed by atoms with Crippen molar-refractivity contribution in [3.05, 3.63) is 96.1 Å². The summed E-state index contributed by atoms with van der Waals surface area (Å²) in [5, 5.41) is 0. The molecular weight excluding hydrogens is 316 g/mol. The first-order valence-electron chi connectivity index (χ1n) is 9.14. The maximum atomic E-state index is 2.39. The predicted molar refractivity (Wildman–Crippen MR) is 111 cm³/mol. The van der Waals surface area contributed by atoms with Crippen LogP contribution in [-0.4, -0.2) is 25.5 Å². The molecule has 0 atom stereocenters. The van der Waals surface area contributed by atoms with Crippen LogP contribution >= 0.6 is 0 Å². The maximum Gasteiger partial charge on any atom is 0.0540 e. The molecule has 0 aliphatic carbocycles. The van der Waals surface area contributed by atoms with Gasteiger partial charge < -0.3 is 9.80 Å². The third-order valence-electron chi connectivity index (χ3n) is 4.81. The van der Waals surface area contributed by atoms with Crippen LogP contribution in [0.2, 0.25) is 0 Å². The molecule has 0 amide bonds. The molecule has 130 valence electrons. The number of anilines is 3. The molecule has 0 bridgehead atoms. The third-order valence-corrected chi connectivity index (χ3v) is 4.81. The second-order valence-corrected chi connectivity index (χ2v) is 6.92. The Kier molecular flexibility index (Phi) is 4.59. The molecule has 1 aliphatic heterocycles. The minimum Gasteiger partial charge on any atom is -0.309 e. The highest BCUT2D eigenvalue weighted by atomic mass is 15.2. The van der Waals surface area contributed by atoms with Gasteiger partial charge in [-0.1, -0.05) is 60.7 Å². The van der Waals surface area contributed by atoms with Crippen LogP contribution in [-0.2, 0) is 0 Å². The Hall–Kier alpha value is -2.84. The van der Waals surface area contributed by atoms with Crippen molar-refractivity contribution in [2.24, 2.45) is 0 Å². The molecule has 0 saturated heterocycles. The fourth-order valence-corrected chi connectivity index (χ4v) is 3.61. The summed E-state index contributed by atoms with van der Waals surface area (Å²) >= 11 is 0. The first kappa shape index (κ1) is 16.6. The predicted octanol–water partition coefficient (Wildman–Crippen LogP) is 5.85. The number of hydrogen-bond acceptors (Lipinski definition) is 2. The van der Waals surface area contributed by atoms with E-state index in [1.807, 2.05) is 0 Å². The Morgan fingerprint density at radius 3 is 1.85 bits per heavy atom. The van der Waals surface area contributed by atoms with Gasteiger partial charge in [0.05, 0.1) is 11.4 Å². The molecule has 2 nitrogen and oxygen atoms in total. The van der Waals surface area contributed by atoms with Crippen molar-refractivity contribution in [1.29, 1.82) is 0 Å². The highest BCUT2D eigenvalue weighted by Gasteiger charge is 2.26. The Morgan fingerprint density at radius 1 is 0.731 bits per heavy atom. The van der Waals surface area contributed by atoms with E-state index in [-0.39, 0.29) is 0 Å². The smallest absolute Gasteiger partial charge is 0.0540 e. The van der Waals surface area contributed by atoms with Gasteiger partial charge in [0.1, 0.15) is 0 Å². The molecule has 3 aromatic rings. The normalized spacial score (nSPS) is 12.7. The van der Waals surface area contributed by atoms with Crippen LogP contribution in [0, 0.1) is 0 Å². The summed E-state index contributed by atoms with van der Waals surface area (Å²) in [6.45, 7) is 1.05. The van der Waals surface area contributed by atoms with Crippen molar-refractivity contribution in [3.63, 3.8) is 0 Å². The van der Waals surface area contributed by atoms with E-state index in [4.69, 9.17) is 0 Å². The maximum absolute atomic E-state index is 2.39. The number of fused-ring (bicyclic) bond motifs is 2. The van der Waals surface area contributed by atoms with Gasteiger partial charge in [-0.05, 0) is 50.4 Å². The molecule has 0 radical (unpaired) electrons. The molecule has 0 N–H and O–H groups in total. The molecule has 3 aromatic carbocycles. The topological polar surface area (TPSA) is 6.48 Å². The van der Waals surface area contributed by atoms with E-state index in [1.54, 1.807) is 0 Å². The molecule has 26 heavy (non-hydrogen) atoms. The Morgan fingerprint density at radius 2 is 1.27 bits per heavy atom. The molecule has 0 saturated carbocycles. The zero-order valence-electron chi connectivity index (χ0n) is 15.4. The van der Waals surface area contributed by atoms with Crippen LogP contribution in [0.3, 0.4) is 0 Å². The zero-order chi connectivity index (χ0) is 17.9. The lowest BCUT2D eigenvalue weighted by Gasteiger charge is -2.35. The van der Waals surface area contributed by atoms with E-state index < -0.39 is 0 Å². The van der Waals surface area contributed by atoms with Crippen molar-refractivity contribution in [1.82, 2.24) is 4.90 Å². The van der Waals surface area contributed by atoms with Crippen molar-refractivity contribution in [3.8, 4) is 0 Å². The van der Waals surface area contributed by atoms with Crippen molar-refractivity contribution < 1.29 is 0 Å². The van der Waals surface area contributed by atoms with Gasteiger partial charge >= 0.3 is 0 Å². The summed E-state index contributed by atoms with van der Waals surface area (Å²) in [4.78, 5) is 4.60. The van der Waals surface area contributed by atoms with Crippen LogP contribution in [0.25, 0.3) is 5.57 Å². The average Bonchev–Trinajstić information content (AvgIpc) is 2.68. The van der Waals surface area contributed by atoms with Crippen molar-refractivity contribution >= 4 is 22.6 Å². The highest BCUT2D eigenvalue weighted by molar-refractivity contribution is 6.00. The lowest BCUT2D eigenvalue weighted by molar-refractivity contribution is 0.417. The molecule has 0 unspecified atom stereocenters. The molecule has 2 heteroatoms. The quantitative estimate of drug-likeness (QED) is 0.459. The van der Waals surface area contributed by atoms with Gasteiger partial charge in [-0.25, -0.2) is 0 Å². The largest absolute Gasteiger partial charge is 0.309 e. The van der Waals surface area contributed by atoms with Crippen LogP contribution < -0.4 is 4.90 Å². The lowest BCUT2D eigenvalue weighted by Crippen LogP contribution is -2.18. The van der Waals surface area contributed by atoms with Gasteiger partial charge in [0.15, 0.2) is 0 Å². The zero-order valence-corrected chi connectivity index (χ0v) is 15.4. The summed E-state index contributed by atoms with van der Waals surface area (Å²) in [5.41, 5.74) is 7.62. The van der Waals surface area contributed by atoms with Gasteiger partial charge in [0.2, 0.25) is 0 Å². The highest BCUT2D eigenvalue weighted by Crippen LogP contribution is 2.48. The van der Waals surface area contributed by atoms with Crippen LogP contribution in [0.4, 0.5) is 17.1 Å². The van der Waals surface area contributed by atoms with Gasteiger partial charge in [-0.15, -0.1) is 0 Å². The first-order chi connectivity index (χ1) is 12.8. The number of para-hydroxylation sites is 3. The van der Waals surface area contributed by atoms with E-state index in [0.717, 1.165) is 13.0 Å². The Bertz CT molecular complexity index is 876. The van der Waals surface area contributed by atoms with E-state index >= 15 is 0 Å². The Balaban J connectivity index is 1.89. The molecule has 1 aliphatic rings. The molecule has 4 rings (SSSR count). The SMILES string of the molecule is CN(C)CCC=C1c2ccccc2N(c2ccccc2)c2ccccc21. The summed E-state index contributed by atoms with van der Waals surface area (Å²) in [6.07, 6.45) is 3.43. The fraction of sp³-hybridized carbons (Fsp3) is 0.167. The van der Waals surface area contributed by atoms with Crippen LogP contribution in [0.15, 0.2) is 84.9 Å². The van der Waals surface area contributed by atoms with Crippen molar-refractivity contribution in [2.75, 3.05) is 25.5 Å². The number of benzene rings is 3. The van der Waals surface area contributed by atoms with E-state index in [2.05, 4.69) is 109 Å². The second-order valence-electron chi connectivity index (χ2n) is 6.92. The third kappa shape index (κ3) is 3.04. The molecule has 0 spiro atoms. The van der Waals surface area contributed by atoms with Crippen molar-refractivity contribution in [2.45, 2.75) is 6.42 Å². The number of hydrogen-bond donors (Lipinski definition) is 0. The van der Waals surface area contributed by atoms with Gasteiger partial charge in [-0.3, -0.25) is 0 Å². The number of nitrogens with zero attached hydrogens (tertiary/aromatic N) is 2.